The maximum atomic E-state index is 13.1. The second kappa shape index (κ2) is 10.4. The molecule has 27 heavy (non-hydrogen) atoms. The van der Waals surface area contributed by atoms with E-state index in [1.165, 1.54) is 29.6 Å². The monoisotopic (exact) mass is 412 g/mol. The quantitative estimate of drug-likeness (QED) is 0.673. The average molecular weight is 413 g/mol. The minimum atomic E-state index is -3.72. The molecule has 0 aliphatic rings. The third kappa shape index (κ3) is 5.77. The second-order valence-electron chi connectivity index (χ2n) is 5.93. The SMILES string of the molecule is COC(=O)c1ccc(S(=O)(=O)N(CCCN)Cc2ccccc2)cc1C.Cl. The van der Waals surface area contributed by atoms with Crippen LogP contribution in [0.1, 0.15) is 27.9 Å². The molecule has 0 amide bonds. The van der Waals surface area contributed by atoms with Crippen molar-refractivity contribution in [3.05, 3.63) is 65.2 Å². The van der Waals surface area contributed by atoms with E-state index >= 15 is 0 Å². The Kier molecular flexibility index (Phi) is 8.92. The van der Waals surface area contributed by atoms with Crippen molar-refractivity contribution in [1.82, 2.24) is 4.31 Å². The van der Waals surface area contributed by atoms with Gasteiger partial charge in [-0.1, -0.05) is 30.3 Å². The van der Waals surface area contributed by atoms with E-state index in [1.807, 2.05) is 30.3 Å². The molecule has 148 valence electrons. The molecule has 2 rings (SSSR count). The first kappa shape index (κ1) is 23.1. The van der Waals surface area contributed by atoms with E-state index in [4.69, 9.17) is 10.5 Å². The predicted octanol–water partition coefficient (Wildman–Crippen LogP) is 2.74. The van der Waals surface area contributed by atoms with Gasteiger partial charge in [-0.3, -0.25) is 0 Å². The molecule has 2 N–H and O–H groups in total. The fourth-order valence-electron chi connectivity index (χ4n) is 2.62. The number of nitrogens with two attached hydrogens (primary N) is 1. The van der Waals surface area contributed by atoms with Gasteiger partial charge in [-0.15, -0.1) is 12.4 Å². The number of rotatable bonds is 8. The predicted molar refractivity (Wildman–Crippen MR) is 107 cm³/mol. The topological polar surface area (TPSA) is 89.7 Å². The third-order valence-electron chi connectivity index (χ3n) is 4.05. The largest absolute Gasteiger partial charge is 0.465 e. The first-order valence-corrected chi connectivity index (χ1v) is 9.77. The molecule has 0 spiro atoms. The molecule has 0 radical (unpaired) electrons. The Bertz CT molecular complexity index is 857. The van der Waals surface area contributed by atoms with Crippen molar-refractivity contribution in [1.29, 1.82) is 0 Å². The standard InChI is InChI=1S/C19H24N2O4S.ClH/c1-15-13-17(9-10-18(15)19(22)25-2)26(23,24)21(12-6-11-20)14-16-7-4-3-5-8-16;/h3-5,7-10,13H,6,11-12,14,20H2,1-2H3;1H. The Morgan fingerprint density at radius 1 is 1.15 bits per heavy atom. The number of hydrogen-bond donors (Lipinski definition) is 1. The number of ether oxygens (including phenoxy) is 1. The van der Waals surface area contributed by atoms with Crippen molar-refractivity contribution in [3.8, 4) is 0 Å². The van der Waals surface area contributed by atoms with Crippen molar-refractivity contribution < 1.29 is 17.9 Å². The van der Waals surface area contributed by atoms with Gasteiger partial charge in [0.2, 0.25) is 10.0 Å². The number of halogens is 1. The second-order valence-corrected chi connectivity index (χ2v) is 7.87. The number of methoxy groups -OCH3 is 1. The van der Waals surface area contributed by atoms with E-state index in [9.17, 15) is 13.2 Å². The number of sulfonamides is 1. The number of hydrogen-bond acceptors (Lipinski definition) is 5. The van der Waals surface area contributed by atoms with Gasteiger partial charge < -0.3 is 10.5 Å². The summed E-state index contributed by atoms with van der Waals surface area (Å²) in [6.45, 7) is 2.68. The number of benzene rings is 2. The Morgan fingerprint density at radius 2 is 1.81 bits per heavy atom. The molecule has 0 heterocycles. The van der Waals surface area contributed by atoms with E-state index < -0.39 is 16.0 Å². The van der Waals surface area contributed by atoms with Crippen molar-refractivity contribution in [3.63, 3.8) is 0 Å². The smallest absolute Gasteiger partial charge is 0.338 e. The van der Waals surface area contributed by atoms with Gasteiger partial charge >= 0.3 is 5.97 Å². The Balaban J connectivity index is 0.00000364. The molecule has 2 aromatic rings. The Labute approximate surface area is 166 Å². The molecule has 0 aromatic heterocycles. The van der Waals surface area contributed by atoms with Crippen molar-refractivity contribution in [2.24, 2.45) is 5.73 Å². The molecule has 0 aliphatic heterocycles. The molecule has 0 saturated carbocycles. The lowest BCUT2D eigenvalue weighted by molar-refractivity contribution is 0.0600. The van der Waals surface area contributed by atoms with Crippen molar-refractivity contribution in [2.45, 2.75) is 24.8 Å². The normalized spacial score (nSPS) is 11.1. The average Bonchev–Trinajstić information content (AvgIpc) is 2.65. The first-order chi connectivity index (χ1) is 12.4. The molecule has 0 unspecified atom stereocenters. The van der Waals surface area contributed by atoms with Crippen LogP contribution < -0.4 is 5.73 Å². The fraction of sp³-hybridized carbons (Fsp3) is 0.316. The molecule has 0 saturated heterocycles. The van der Waals surface area contributed by atoms with Gasteiger partial charge in [0, 0.05) is 13.1 Å². The van der Waals surface area contributed by atoms with E-state index in [2.05, 4.69) is 0 Å². The summed E-state index contributed by atoms with van der Waals surface area (Å²) in [5.41, 5.74) is 7.37. The van der Waals surface area contributed by atoms with Crippen LogP contribution in [0.3, 0.4) is 0 Å². The van der Waals surface area contributed by atoms with Crippen LogP contribution in [0, 0.1) is 6.92 Å². The van der Waals surface area contributed by atoms with Crippen LogP contribution in [-0.2, 0) is 21.3 Å². The van der Waals surface area contributed by atoms with Crippen LogP contribution >= 0.6 is 12.4 Å². The molecular formula is C19H25ClN2O4S. The molecule has 2 aromatic carbocycles. The van der Waals surface area contributed by atoms with E-state index in [-0.39, 0.29) is 23.8 Å². The zero-order valence-electron chi connectivity index (χ0n) is 15.4. The number of aryl methyl sites for hydroxylation is 1. The van der Waals surface area contributed by atoms with Crippen LogP contribution in [-0.4, -0.2) is 38.9 Å². The number of nitrogens with zero attached hydrogens (tertiary/aromatic N) is 1. The summed E-state index contributed by atoms with van der Waals surface area (Å²) in [5.74, 6) is -0.490. The highest BCUT2D eigenvalue weighted by atomic mass is 35.5. The molecule has 0 fully saturated rings. The zero-order chi connectivity index (χ0) is 19.2. The third-order valence-corrected chi connectivity index (χ3v) is 5.90. The Hall–Kier alpha value is -1.93. The van der Waals surface area contributed by atoms with Gasteiger partial charge in [-0.25, -0.2) is 13.2 Å². The van der Waals surface area contributed by atoms with Gasteiger partial charge in [0.25, 0.3) is 0 Å². The summed E-state index contributed by atoms with van der Waals surface area (Å²) in [5, 5.41) is 0. The van der Waals surface area contributed by atoms with Gasteiger partial charge in [-0.05, 0) is 49.2 Å². The molecule has 0 bridgehead atoms. The van der Waals surface area contributed by atoms with Crippen LogP contribution in [0.2, 0.25) is 0 Å². The van der Waals surface area contributed by atoms with Gasteiger partial charge in [0.05, 0.1) is 17.6 Å². The molecule has 6 nitrogen and oxygen atoms in total. The van der Waals surface area contributed by atoms with Crippen LogP contribution in [0.4, 0.5) is 0 Å². The highest BCUT2D eigenvalue weighted by Gasteiger charge is 2.25. The maximum Gasteiger partial charge on any atom is 0.338 e. The van der Waals surface area contributed by atoms with E-state index in [0.29, 0.717) is 30.6 Å². The summed E-state index contributed by atoms with van der Waals surface area (Å²) in [6.07, 6.45) is 0.561. The van der Waals surface area contributed by atoms with Crippen molar-refractivity contribution in [2.75, 3.05) is 20.2 Å². The van der Waals surface area contributed by atoms with E-state index in [1.54, 1.807) is 6.92 Å². The fourth-order valence-corrected chi connectivity index (χ4v) is 4.18. The molecule has 8 heteroatoms. The van der Waals surface area contributed by atoms with Crippen LogP contribution in [0.15, 0.2) is 53.4 Å². The summed E-state index contributed by atoms with van der Waals surface area (Å²) in [4.78, 5) is 11.9. The maximum absolute atomic E-state index is 13.1. The number of esters is 1. The summed E-state index contributed by atoms with van der Waals surface area (Å²) in [6, 6.07) is 13.8. The lowest BCUT2D eigenvalue weighted by Crippen LogP contribution is -2.32. The van der Waals surface area contributed by atoms with Crippen LogP contribution in [0.5, 0.6) is 0 Å². The molecular weight excluding hydrogens is 388 g/mol. The minimum Gasteiger partial charge on any atom is -0.465 e. The Morgan fingerprint density at radius 3 is 2.37 bits per heavy atom. The van der Waals surface area contributed by atoms with E-state index in [0.717, 1.165) is 5.56 Å². The van der Waals surface area contributed by atoms with Crippen molar-refractivity contribution >= 4 is 28.4 Å². The number of carbonyl (C=O) groups excluding carboxylic acids is 1. The van der Waals surface area contributed by atoms with Gasteiger partial charge in [-0.2, -0.15) is 4.31 Å². The lowest BCUT2D eigenvalue weighted by atomic mass is 10.1. The van der Waals surface area contributed by atoms with Gasteiger partial charge in [0.1, 0.15) is 0 Å². The lowest BCUT2D eigenvalue weighted by Gasteiger charge is -2.22. The highest BCUT2D eigenvalue weighted by Crippen LogP contribution is 2.22. The molecule has 0 aliphatic carbocycles. The first-order valence-electron chi connectivity index (χ1n) is 8.33. The highest BCUT2D eigenvalue weighted by molar-refractivity contribution is 7.89. The zero-order valence-corrected chi connectivity index (χ0v) is 17.1. The van der Waals surface area contributed by atoms with Crippen LogP contribution in [0.25, 0.3) is 0 Å². The molecule has 0 atom stereocenters. The van der Waals surface area contributed by atoms with Gasteiger partial charge in [0.15, 0.2) is 0 Å². The summed E-state index contributed by atoms with van der Waals surface area (Å²) >= 11 is 0. The minimum absolute atomic E-state index is 0. The summed E-state index contributed by atoms with van der Waals surface area (Å²) < 4.78 is 32.4. The number of carbonyl (C=O) groups is 1. The summed E-state index contributed by atoms with van der Waals surface area (Å²) in [7, 11) is -2.43.